The molecule has 0 rings (SSSR count). The summed E-state index contributed by atoms with van der Waals surface area (Å²) in [5.41, 5.74) is -0.194. The monoisotopic (exact) mass is 184 g/mol. The number of aliphatic hydroxyl groups excluding tert-OH is 1. The summed E-state index contributed by atoms with van der Waals surface area (Å²) in [6, 6.07) is 0. The lowest BCUT2D eigenvalue weighted by Crippen LogP contribution is -2.24. The molecule has 0 heterocycles. The molecule has 0 saturated heterocycles. The van der Waals surface area contributed by atoms with Crippen LogP contribution in [-0.2, 0) is 8.92 Å². The molecule has 3 nitrogen and oxygen atoms in total. The molecule has 5 heteroatoms. The second-order valence-electron chi connectivity index (χ2n) is 1.84. The van der Waals surface area contributed by atoms with E-state index in [-0.39, 0.29) is 24.8 Å². The van der Waals surface area contributed by atoms with Gasteiger partial charge in [-0.25, -0.2) is 0 Å². The van der Waals surface area contributed by atoms with E-state index < -0.39 is 0 Å². The lowest BCUT2D eigenvalue weighted by molar-refractivity contribution is -0.0152. The van der Waals surface area contributed by atoms with E-state index in [4.69, 9.17) is 9.84 Å². The van der Waals surface area contributed by atoms with Crippen molar-refractivity contribution < 1.29 is 14.0 Å². The molecule has 0 saturated carbocycles. The number of aliphatic hydroxyl groups is 1. The molecule has 0 aliphatic heterocycles. The Morgan fingerprint density at radius 3 is 2.50 bits per heavy atom. The number of hydrogen-bond donors (Lipinski definition) is 3. The summed E-state index contributed by atoms with van der Waals surface area (Å²) in [6.07, 6.45) is -0.329. The maximum absolute atomic E-state index is 8.63. The second-order valence-corrected chi connectivity index (χ2v) is 2.82. The molecular weight excluding hydrogens is 172 g/mol. The molecule has 0 radical (unpaired) electrons. The molecule has 2 unspecified atom stereocenters. The van der Waals surface area contributed by atoms with E-state index in [9.17, 15) is 0 Å². The van der Waals surface area contributed by atoms with Gasteiger partial charge in [0, 0.05) is 0 Å². The summed E-state index contributed by atoms with van der Waals surface area (Å²) >= 11 is 7.49. The van der Waals surface area contributed by atoms with Crippen LogP contribution in [0, 0.1) is 0 Å². The van der Waals surface area contributed by atoms with Gasteiger partial charge in [0.25, 0.3) is 0 Å². The van der Waals surface area contributed by atoms with Gasteiger partial charge in [-0.3, -0.25) is 0 Å². The molecule has 0 fully saturated rings. The quantitative estimate of drug-likeness (QED) is 0.331. The Morgan fingerprint density at radius 1 is 1.60 bits per heavy atom. The summed E-state index contributed by atoms with van der Waals surface area (Å²) < 4.78 is 9.55. The van der Waals surface area contributed by atoms with E-state index in [1.54, 1.807) is 6.92 Å². The van der Waals surface area contributed by atoms with Gasteiger partial charge in [0.2, 0.25) is 0 Å². The van der Waals surface area contributed by atoms with Crippen LogP contribution in [0.15, 0.2) is 0 Å². The van der Waals surface area contributed by atoms with Crippen LogP contribution < -0.4 is 0 Å². The van der Waals surface area contributed by atoms with Crippen molar-refractivity contribution in [3.8, 4) is 0 Å². The van der Waals surface area contributed by atoms with Gasteiger partial charge in [0.15, 0.2) is 0 Å². The van der Waals surface area contributed by atoms with Crippen LogP contribution in [0.1, 0.15) is 6.92 Å². The number of rotatable bonds is 5. The summed E-state index contributed by atoms with van der Waals surface area (Å²) in [5, 5.41) is 8.63. The maximum atomic E-state index is 8.63. The molecule has 10 heavy (non-hydrogen) atoms. The predicted octanol–water partition coefficient (Wildman–Crippen LogP) is 0.501. The fourth-order valence-corrected chi connectivity index (χ4v) is 0.835. The van der Waals surface area contributed by atoms with E-state index in [0.29, 0.717) is 0 Å². The van der Waals surface area contributed by atoms with Crippen molar-refractivity contribution >= 4 is 25.5 Å². The van der Waals surface area contributed by atoms with Crippen molar-refractivity contribution in [1.82, 2.24) is 0 Å². The zero-order chi connectivity index (χ0) is 7.98. The second kappa shape index (κ2) is 6.30. The van der Waals surface area contributed by atoms with Crippen molar-refractivity contribution in [2.75, 3.05) is 13.2 Å². The van der Waals surface area contributed by atoms with Crippen molar-refractivity contribution in [3.05, 3.63) is 0 Å². The van der Waals surface area contributed by atoms with Crippen LogP contribution in [-0.4, -0.2) is 29.9 Å². The molecule has 2 atom stereocenters. The molecule has 0 aliphatic rings. The van der Waals surface area contributed by atoms with Gasteiger partial charge in [0.1, 0.15) is 6.10 Å². The Kier molecular flexibility index (Phi) is 6.67. The van der Waals surface area contributed by atoms with Crippen LogP contribution >= 0.6 is 25.5 Å². The summed E-state index contributed by atoms with van der Waals surface area (Å²) in [5.74, 6) is 0. The smallest absolute Gasteiger partial charge is 0.107 e. The van der Waals surface area contributed by atoms with E-state index in [1.807, 2.05) is 0 Å². The van der Waals surface area contributed by atoms with E-state index in [0.717, 1.165) is 0 Å². The van der Waals surface area contributed by atoms with Gasteiger partial charge in [-0.1, -0.05) is 0 Å². The van der Waals surface area contributed by atoms with Crippen LogP contribution in [0.25, 0.3) is 0 Å². The Hall–Kier alpha value is 0.580. The lowest BCUT2D eigenvalue weighted by Gasteiger charge is -2.15. The molecule has 1 N–H and O–H groups in total. The van der Waals surface area contributed by atoms with Gasteiger partial charge in [-0.2, -0.15) is 0 Å². The molecule has 0 bridgehead atoms. The third-order valence-corrected chi connectivity index (χ3v) is 1.12. The first kappa shape index (κ1) is 10.6. The van der Waals surface area contributed by atoms with Crippen LogP contribution in [0.3, 0.4) is 0 Å². The fraction of sp³-hybridized carbons (Fsp3) is 1.00. The lowest BCUT2D eigenvalue weighted by atomic mass is 10.4. The van der Waals surface area contributed by atoms with E-state index in [2.05, 4.69) is 29.7 Å². The third kappa shape index (κ3) is 5.37. The number of hydrogen-bond acceptors (Lipinski definition) is 5. The Morgan fingerprint density at radius 2 is 2.20 bits per heavy atom. The minimum Gasteiger partial charge on any atom is -0.394 e. The normalized spacial score (nSPS) is 16.8. The van der Waals surface area contributed by atoms with Gasteiger partial charge in [0.05, 0.1) is 18.6 Å². The fourth-order valence-electron chi connectivity index (χ4n) is 0.497. The van der Waals surface area contributed by atoms with Gasteiger partial charge >= 0.3 is 0 Å². The zero-order valence-corrected chi connectivity index (χ0v) is 7.52. The SMILES string of the molecule is CC(S)OC(CO)COS. The van der Waals surface area contributed by atoms with Crippen LogP contribution in [0.4, 0.5) is 0 Å². The minimum atomic E-state index is -0.329. The Bertz CT molecular complexity index is 79.3. The average Bonchev–Trinajstić information content (AvgIpc) is 1.86. The number of thiol groups is 2. The summed E-state index contributed by atoms with van der Waals surface area (Å²) in [7, 11) is 0. The topological polar surface area (TPSA) is 38.7 Å². The van der Waals surface area contributed by atoms with E-state index in [1.165, 1.54) is 0 Å². The first-order valence-corrected chi connectivity index (χ1v) is 3.79. The van der Waals surface area contributed by atoms with Crippen LogP contribution in [0.5, 0.6) is 0 Å². The highest BCUT2D eigenvalue weighted by molar-refractivity contribution is 7.80. The van der Waals surface area contributed by atoms with Crippen molar-refractivity contribution in [1.29, 1.82) is 0 Å². The molecule has 0 spiro atoms. The third-order valence-electron chi connectivity index (χ3n) is 0.853. The van der Waals surface area contributed by atoms with Gasteiger partial charge in [-0.05, 0) is 19.8 Å². The first-order chi connectivity index (χ1) is 4.70. The minimum absolute atomic E-state index is 0.0779. The van der Waals surface area contributed by atoms with Crippen molar-refractivity contribution in [2.24, 2.45) is 0 Å². The highest BCUT2D eigenvalue weighted by Gasteiger charge is 2.08. The predicted molar refractivity (Wildman–Crippen MR) is 45.3 cm³/mol. The highest BCUT2D eigenvalue weighted by atomic mass is 32.1. The molecule has 0 aliphatic carbocycles. The number of ether oxygens (including phenoxy) is 1. The molecule has 0 amide bonds. The van der Waals surface area contributed by atoms with Gasteiger partial charge in [-0.15, -0.1) is 12.6 Å². The van der Waals surface area contributed by atoms with Crippen LogP contribution in [0.2, 0.25) is 0 Å². The average molecular weight is 184 g/mol. The highest BCUT2D eigenvalue weighted by Crippen LogP contribution is 2.02. The molecule has 0 aromatic heterocycles. The maximum Gasteiger partial charge on any atom is 0.107 e. The van der Waals surface area contributed by atoms with Crippen molar-refractivity contribution in [3.63, 3.8) is 0 Å². The molecule has 62 valence electrons. The van der Waals surface area contributed by atoms with Gasteiger partial charge < -0.3 is 14.0 Å². The molecule has 0 aromatic carbocycles. The van der Waals surface area contributed by atoms with Crippen molar-refractivity contribution in [2.45, 2.75) is 18.5 Å². The summed E-state index contributed by atoms with van der Waals surface area (Å²) in [4.78, 5) is 0. The molecule has 0 aromatic rings. The summed E-state index contributed by atoms with van der Waals surface area (Å²) in [6.45, 7) is 1.96. The Balaban J connectivity index is 3.39. The zero-order valence-electron chi connectivity index (χ0n) is 5.73. The Labute approximate surface area is 71.7 Å². The molecular formula is C5H12O3S2. The standard InChI is InChI=1S/C5H12O3S2/c1-4(9)8-5(2-6)3-7-10/h4-6,9-10H,2-3H2,1H3. The van der Waals surface area contributed by atoms with E-state index >= 15 is 0 Å². The largest absolute Gasteiger partial charge is 0.394 e. The first-order valence-electron chi connectivity index (χ1n) is 2.91.